The Morgan fingerprint density at radius 3 is 2.94 bits per heavy atom. The molecular formula is C12H9N3O. The molecule has 3 rings (SSSR count). The number of nitrogens with one attached hydrogen (secondary N) is 1. The molecule has 0 spiro atoms. The minimum Gasteiger partial charge on any atom is -0.313 e. The third-order valence-electron chi connectivity index (χ3n) is 2.63. The fourth-order valence-corrected chi connectivity index (χ4v) is 1.89. The number of aromatic nitrogens is 3. The van der Waals surface area contributed by atoms with Crippen molar-refractivity contribution >= 4 is 17.2 Å². The van der Waals surface area contributed by atoms with Crippen molar-refractivity contribution in [1.29, 1.82) is 0 Å². The van der Waals surface area contributed by atoms with Gasteiger partial charge in [0.25, 0.3) is 0 Å². The zero-order valence-corrected chi connectivity index (χ0v) is 8.42. The number of benzene rings is 1. The van der Waals surface area contributed by atoms with Crippen LogP contribution < -0.4 is 0 Å². The minimum absolute atomic E-state index is 0.691. The second kappa shape index (κ2) is 3.34. The number of hydrogen-bond acceptors (Lipinski definition) is 2. The van der Waals surface area contributed by atoms with Crippen LogP contribution in [-0.4, -0.2) is 21.1 Å². The van der Waals surface area contributed by atoms with E-state index in [2.05, 4.69) is 10.2 Å². The molecule has 0 amide bonds. The highest BCUT2D eigenvalue weighted by Crippen LogP contribution is 2.22. The molecule has 1 aromatic carbocycles. The molecule has 3 aromatic rings. The van der Waals surface area contributed by atoms with Crippen LogP contribution in [0.25, 0.3) is 16.6 Å². The van der Waals surface area contributed by atoms with Crippen molar-refractivity contribution in [3.05, 3.63) is 48.4 Å². The van der Waals surface area contributed by atoms with Gasteiger partial charge in [-0.1, -0.05) is 18.2 Å². The summed E-state index contributed by atoms with van der Waals surface area (Å²) in [7, 11) is 0. The van der Waals surface area contributed by atoms with Gasteiger partial charge in [0, 0.05) is 23.3 Å². The lowest BCUT2D eigenvalue weighted by Crippen LogP contribution is -1.88. The van der Waals surface area contributed by atoms with Crippen LogP contribution in [0.1, 0.15) is 10.4 Å². The number of nitrogens with zero attached hydrogens (tertiary/aromatic N) is 2. The molecule has 1 N–H and O–H groups in total. The maximum Gasteiger partial charge on any atom is 0.152 e. The summed E-state index contributed by atoms with van der Waals surface area (Å²) in [5.74, 6) is 0. The Kier molecular flexibility index (Phi) is 1.86. The minimum atomic E-state index is 0.691. The molecule has 0 radical (unpaired) electrons. The lowest BCUT2D eigenvalue weighted by atomic mass is 10.2. The van der Waals surface area contributed by atoms with Crippen LogP contribution in [0.4, 0.5) is 0 Å². The molecule has 78 valence electrons. The van der Waals surface area contributed by atoms with Crippen LogP contribution in [0.3, 0.4) is 0 Å². The van der Waals surface area contributed by atoms with Crippen LogP contribution in [0.5, 0.6) is 0 Å². The van der Waals surface area contributed by atoms with E-state index in [4.69, 9.17) is 0 Å². The van der Waals surface area contributed by atoms with Crippen molar-refractivity contribution in [1.82, 2.24) is 14.8 Å². The van der Waals surface area contributed by atoms with E-state index < -0.39 is 0 Å². The number of rotatable bonds is 2. The summed E-state index contributed by atoms with van der Waals surface area (Å²) in [5, 5.41) is 7.62. The summed E-state index contributed by atoms with van der Waals surface area (Å²) < 4.78 is 1.95. The van der Waals surface area contributed by atoms with Gasteiger partial charge in [-0.3, -0.25) is 9.89 Å². The number of carbonyl (C=O) groups excluding carboxylic acids is 1. The lowest BCUT2D eigenvalue weighted by molar-refractivity contribution is 0.112. The predicted molar refractivity (Wildman–Crippen MR) is 60.8 cm³/mol. The molecule has 2 aromatic heterocycles. The number of carbonyl (C=O) groups is 1. The summed E-state index contributed by atoms with van der Waals surface area (Å²) in [4.78, 5) is 11.0. The number of hydrogen-bond donors (Lipinski definition) is 1. The first kappa shape index (κ1) is 8.91. The maximum atomic E-state index is 11.0. The van der Waals surface area contributed by atoms with E-state index in [1.54, 1.807) is 12.4 Å². The van der Waals surface area contributed by atoms with E-state index in [9.17, 15) is 4.79 Å². The van der Waals surface area contributed by atoms with Gasteiger partial charge in [0.15, 0.2) is 6.29 Å². The molecule has 0 aliphatic heterocycles. The standard InChI is InChI=1S/C12H9N3O/c16-8-9-7-15(10-5-13-14-6-10)12-4-2-1-3-11(9)12/h1-8H,(H,13,14). The zero-order valence-electron chi connectivity index (χ0n) is 8.42. The number of aromatic amines is 1. The smallest absolute Gasteiger partial charge is 0.152 e. The maximum absolute atomic E-state index is 11.0. The van der Waals surface area contributed by atoms with Crippen molar-refractivity contribution in [2.45, 2.75) is 0 Å². The Balaban J connectivity index is 2.37. The van der Waals surface area contributed by atoms with E-state index in [1.165, 1.54) is 0 Å². The summed E-state index contributed by atoms with van der Waals surface area (Å²) >= 11 is 0. The Morgan fingerprint density at radius 1 is 1.31 bits per heavy atom. The van der Waals surface area contributed by atoms with Crippen molar-refractivity contribution in [3.8, 4) is 5.69 Å². The van der Waals surface area contributed by atoms with Gasteiger partial charge < -0.3 is 4.57 Å². The quantitative estimate of drug-likeness (QED) is 0.660. The summed E-state index contributed by atoms with van der Waals surface area (Å²) in [6.07, 6.45) is 6.21. The van der Waals surface area contributed by atoms with Crippen LogP contribution in [0.2, 0.25) is 0 Å². The average molecular weight is 211 g/mol. The highest BCUT2D eigenvalue weighted by molar-refractivity contribution is 5.98. The first-order chi connectivity index (χ1) is 7.90. The van der Waals surface area contributed by atoms with Gasteiger partial charge in [-0.2, -0.15) is 5.10 Å². The molecule has 0 aliphatic rings. The molecule has 0 aliphatic carbocycles. The van der Waals surface area contributed by atoms with Gasteiger partial charge in [-0.05, 0) is 6.07 Å². The Bertz CT molecular complexity index is 637. The van der Waals surface area contributed by atoms with Crippen LogP contribution in [0, 0.1) is 0 Å². The number of fused-ring (bicyclic) bond motifs is 1. The number of para-hydroxylation sites is 1. The Hall–Kier alpha value is -2.36. The molecule has 0 atom stereocenters. The largest absolute Gasteiger partial charge is 0.313 e. The zero-order chi connectivity index (χ0) is 11.0. The van der Waals surface area contributed by atoms with Crippen LogP contribution in [0.15, 0.2) is 42.9 Å². The molecular weight excluding hydrogens is 202 g/mol. The van der Waals surface area contributed by atoms with Gasteiger partial charge in [0.05, 0.1) is 17.4 Å². The average Bonchev–Trinajstić information content (AvgIpc) is 2.95. The van der Waals surface area contributed by atoms with E-state index in [1.807, 2.05) is 35.0 Å². The fourth-order valence-electron chi connectivity index (χ4n) is 1.89. The third-order valence-corrected chi connectivity index (χ3v) is 2.63. The number of aldehydes is 1. The van der Waals surface area contributed by atoms with Crippen molar-refractivity contribution in [2.24, 2.45) is 0 Å². The van der Waals surface area contributed by atoms with E-state index in [0.29, 0.717) is 5.56 Å². The van der Waals surface area contributed by atoms with Crippen molar-refractivity contribution in [2.75, 3.05) is 0 Å². The van der Waals surface area contributed by atoms with Gasteiger partial charge in [-0.25, -0.2) is 0 Å². The van der Waals surface area contributed by atoms with Crippen molar-refractivity contribution in [3.63, 3.8) is 0 Å². The van der Waals surface area contributed by atoms with E-state index in [-0.39, 0.29) is 0 Å². The fraction of sp³-hybridized carbons (Fsp3) is 0. The molecule has 4 nitrogen and oxygen atoms in total. The van der Waals surface area contributed by atoms with Gasteiger partial charge in [0.2, 0.25) is 0 Å². The number of H-pyrrole nitrogens is 1. The first-order valence-electron chi connectivity index (χ1n) is 4.94. The molecule has 16 heavy (non-hydrogen) atoms. The van der Waals surface area contributed by atoms with E-state index in [0.717, 1.165) is 22.9 Å². The van der Waals surface area contributed by atoms with Crippen LogP contribution >= 0.6 is 0 Å². The highest BCUT2D eigenvalue weighted by atomic mass is 16.1. The molecule has 0 unspecified atom stereocenters. The topological polar surface area (TPSA) is 50.7 Å². The molecule has 0 bridgehead atoms. The SMILES string of the molecule is O=Cc1cn(-c2cn[nH]c2)c2ccccc12. The van der Waals surface area contributed by atoms with Gasteiger partial charge in [-0.15, -0.1) is 0 Å². The molecule has 0 saturated heterocycles. The molecule has 0 fully saturated rings. The molecule has 2 heterocycles. The van der Waals surface area contributed by atoms with Gasteiger partial charge >= 0.3 is 0 Å². The highest BCUT2D eigenvalue weighted by Gasteiger charge is 2.08. The Labute approximate surface area is 91.5 Å². The lowest BCUT2D eigenvalue weighted by Gasteiger charge is -1.99. The predicted octanol–water partition coefficient (Wildman–Crippen LogP) is 2.17. The second-order valence-electron chi connectivity index (χ2n) is 3.55. The van der Waals surface area contributed by atoms with Crippen molar-refractivity contribution < 1.29 is 4.79 Å². The van der Waals surface area contributed by atoms with Gasteiger partial charge in [0.1, 0.15) is 0 Å². The summed E-state index contributed by atoms with van der Waals surface area (Å²) in [6, 6.07) is 7.80. The monoisotopic (exact) mass is 211 g/mol. The second-order valence-corrected chi connectivity index (χ2v) is 3.55. The first-order valence-corrected chi connectivity index (χ1v) is 4.94. The third kappa shape index (κ3) is 1.16. The van der Waals surface area contributed by atoms with E-state index >= 15 is 0 Å². The summed E-state index contributed by atoms with van der Waals surface area (Å²) in [6.45, 7) is 0. The molecule has 4 heteroatoms. The van der Waals surface area contributed by atoms with Crippen LogP contribution in [-0.2, 0) is 0 Å². The summed E-state index contributed by atoms with van der Waals surface area (Å²) in [5.41, 5.74) is 2.62. The Morgan fingerprint density at radius 2 is 2.19 bits per heavy atom. The normalized spacial score (nSPS) is 10.8. The molecule has 0 saturated carbocycles.